The lowest BCUT2D eigenvalue weighted by Crippen LogP contribution is -2.19. The number of nitrogens with one attached hydrogen (secondary N) is 2. The summed E-state index contributed by atoms with van der Waals surface area (Å²) in [4.78, 5) is 4.82. The van der Waals surface area contributed by atoms with Crippen LogP contribution >= 0.6 is 0 Å². The third-order valence-electron chi connectivity index (χ3n) is 4.90. The molecule has 0 saturated heterocycles. The van der Waals surface area contributed by atoms with Crippen LogP contribution in [0.15, 0.2) is 4.90 Å². The second-order valence-corrected chi connectivity index (χ2v) is 9.11. The van der Waals surface area contributed by atoms with Crippen molar-refractivity contribution in [3.05, 3.63) is 17.0 Å². The summed E-state index contributed by atoms with van der Waals surface area (Å²) >= 11 is 0. The number of hydrogen-bond acceptors (Lipinski definition) is 6. The lowest BCUT2D eigenvalue weighted by molar-refractivity contribution is 0.568. The van der Waals surface area contributed by atoms with E-state index in [2.05, 4.69) is 27.6 Å². The summed E-state index contributed by atoms with van der Waals surface area (Å²) in [5, 5.41) is 10.1. The van der Waals surface area contributed by atoms with Crippen molar-refractivity contribution in [2.75, 3.05) is 19.4 Å². The Hall–Kier alpha value is -1.67. The number of aryl methyl sites for hydroxylation is 2. The van der Waals surface area contributed by atoms with Crippen LogP contribution in [-0.4, -0.2) is 42.4 Å². The molecule has 0 fully saturated rings. The van der Waals surface area contributed by atoms with Gasteiger partial charge in [0.1, 0.15) is 0 Å². The van der Waals surface area contributed by atoms with Crippen molar-refractivity contribution >= 4 is 21.3 Å². The lowest BCUT2D eigenvalue weighted by atomic mass is 10.1. The van der Waals surface area contributed by atoms with E-state index in [1.54, 1.807) is 18.5 Å². The Labute approximate surface area is 156 Å². The van der Waals surface area contributed by atoms with E-state index < -0.39 is 15.1 Å². The molecule has 0 radical (unpaired) electrons. The smallest absolute Gasteiger partial charge is 0.188 e. The van der Waals surface area contributed by atoms with Crippen LogP contribution in [0.3, 0.4) is 0 Å². The van der Waals surface area contributed by atoms with E-state index in [-0.39, 0.29) is 4.90 Å². The fraction of sp³-hybridized carbons (Fsp3) is 0.667. The number of rotatable bonds is 9. The summed E-state index contributed by atoms with van der Waals surface area (Å²) in [5.41, 5.74) is 3.16. The number of nitrogens with zero attached hydrogens (tertiary/aromatic N) is 3. The maximum atomic E-state index is 13.3. The molecular formula is C18H31N5O2S. The molecule has 2 aromatic rings. The quantitative estimate of drug-likeness (QED) is 0.649. The molecule has 1 atom stereocenters. The average molecular weight is 382 g/mol. The number of sulfone groups is 1. The Morgan fingerprint density at radius 3 is 2.46 bits per heavy atom. The first-order valence-electron chi connectivity index (χ1n) is 9.24. The molecule has 0 saturated carbocycles. The molecule has 2 N–H and O–H groups in total. The molecule has 7 nitrogen and oxygen atoms in total. The molecule has 146 valence electrons. The first-order valence-corrected chi connectivity index (χ1v) is 10.8. The first-order chi connectivity index (χ1) is 12.3. The van der Waals surface area contributed by atoms with Crippen LogP contribution in [0.5, 0.6) is 0 Å². The third kappa shape index (κ3) is 3.71. The molecule has 26 heavy (non-hydrogen) atoms. The highest BCUT2D eigenvalue weighted by Crippen LogP contribution is 2.31. The maximum absolute atomic E-state index is 13.3. The normalized spacial score (nSPS) is 13.3. The summed E-state index contributed by atoms with van der Waals surface area (Å²) in [5.74, 6) is 0.365. The van der Waals surface area contributed by atoms with E-state index in [9.17, 15) is 8.42 Å². The Morgan fingerprint density at radius 1 is 1.19 bits per heavy atom. The number of unbranched alkanes of at least 4 members (excludes halogenated alkanes) is 2. The topological polar surface area (TPSA) is 88.4 Å². The third-order valence-corrected chi connectivity index (χ3v) is 7.14. The number of hydrogen-bond donors (Lipinski definition) is 2. The zero-order valence-electron chi connectivity index (χ0n) is 16.7. The molecule has 0 aromatic carbocycles. The molecular weight excluding hydrogens is 350 g/mol. The number of aromatic nitrogens is 3. The molecule has 0 spiro atoms. The van der Waals surface area contributed by atoms with Gasteiger partial charge in [0.05, 0.1) is 5.25 Å². The van der Waals surface area contributed by atoms with E-state index in [0.717, 1.165) is 36.2 Å². The van der Waals surface area contributed by atoms with Crippen molar-refractivity contribution in [1.29, 1.82) is 0 Å². The largest absolute Gasteiger partial charge is 0.371 e. The van der Waals surface area contributed by atoms with Gasteiger partial charge in [-0.1, -0.05) is 26.2 Å². The molecule has 0 aliphatic heterocycles. The van der Waals surface area contributed by atoms with E-state index in [1.807, 2.05) is 20.9 Å². The van der Waals surface area contributed by atoms with Crippen molar-refractivity contribution in [3.8, 4) is 0 Å². The molecule has 8 heteroatoms. The van der Waals surface area contributed by atoms with E-state index in [0.29, 0.717) is 24.4 Å². The van der Waals surface area contributed by atoms with E-state index in [1.165, 1.54) is 0 Å². The fourth-order valence-corrected chi connectivity index (χ4v) is 4.92. The van der Waals surface area contributed by atoms with Crippen LogP contribution in [0.4, 0.5) is 5.82 Å². The minimum absolute atomic E-state index is 0.214. The zero-order valence-corrected chi connectivity index (χ0v) is 17.5. The molecule has 0 unspecified atom stereocenters. The van der Waals surface area contributed by atoms with E-state index >= 15 is 0 Å². The van der Waals surface area contributed by atoms with Gasteiger partial charge in [0.15, 0.2) is 26.2 Å². The van der Waals surface area contributed by atoms with Crippen LogP contribution in [0.1, 0.15) is 56.5 Å². The second-order valence-electron chi connectivity index (χ2n) is 6.81. The molecule has 0 amide bonds. The Bertz CT molecular complexity index is 874. The summed E-state index contributed by atoms with van der Waals surface area (Å²) in [6, 6.07) is 0. The van der Waals surface area contributed by atoms with Gasteiger partial charge in [0.2, 0.25) is 0 Å². The number of anilines is 1. The second kappa shape index (κ2) is 8.35. The van der Waals surface area contributed by atoms with Gasteiger partial charge in [0, 0.05) is 30.5 Å². The van der Waals surface area contributed by atoms with E-state index in [4.69, 9.17) is 0 Å². The standard InChI is InChI=1S/C18H31N5O2S/c1-7-8-9-10-12(2)26(24,25)16-17(20-6)22-23-14(4)15(11-19-5)13(3)21-18(16)23/h12,19H,7-11H2,1-6H3,(H,20,22)/t12-/m1/s1. The van der Waals surface area contributed by atoms with Crippen LogP contribution in [0.25, 0.3) is 5.65 Å². The first kappa shape index (κ1) is 20.6. The highest BCUT2D eigenvalue weighted by Gasteiger charge is 2.32. The molecule has 2 heterocycles. The Balaban J connectivity index is 2.62. The molecule has 2 rings (SSSR count). The minimum Gasteiger partial charge on any atom is -0.371 e. The van der Waals surface area contributed by atoms with Gasteiger partial charge in [-0.15, -0.1) is 5.10 Å². The van der Waals surface area contributed by atoms with Gasteiger partial charge >= 0.3 is 0 Å². The predicted molar refractivity (Wildman–Crippen MR) is 106 cm³/mol. The monoisotopic (exact) mass is 381 g/mol. The summed E-state index contributed by atoms with van der Waals surface area (Å²) in [7, 11) is 0.0397. The highest BCUT2D eigenvalue weighted by molar-refractivity contribution is 7.92. The Morgan fingerprint density at radius 2 is 1.88 bits per heavy atom. The number of fused-ring (bicyclic) bond motifs is 1. The van der Waals surface area contributed by atoms with Gasteiger partial charge in [-0.25, -0.2) is 17.9 Å². The molecule has 0 aliphatic carbocycles. The lowest BCUT2D eigenvalue weighted by Gasteiger charge is -2.14. The highest BCUT2D eigenvalue weighted by atomic mass is 32.2. The van der Waals surface area contributed by atoms with Crippen LogP contribution in [0.2, 0.25) is 0 Å². The molecule has 0 bridgehead atoms. The SMILES string of the molecule is CCCCC[C@@H](C)S(=O)(=O)c1c(NC)nn2c(C)c(CNC)c(C)nc12. The van der Waals surface area contributed by atoms with Crippen LogP contribution < -0.4 is 10.6 Å². The summed E-state index contributed by atoms with van der Waals surface area (Å²) in [6.45, 7) is 8.41. The van der Waals surface area contributed by atoms with Crippen molar-refractivity contribution < 1.29 is 8.42 Å². The van der Waals surface area contributed by atoms with Crippen LogP contribution in [0, 0.1) is 13.8 Å². The minimum atomic E-state index is -3.53. The van der Waals surface area contributed by atoms with Gasteiger partial charge in [0.25, 0.3) is 0 Å². The zero-order chi connectivity index (χ0) is 19.5. The molecule has 0 aliphatic rings. The maximum Gasteiger partial charge on any atom is 0.188 e. The van der Waals surface area contributed by atoms with Gasteiger partial charge in [-0.05, 0) is 34.2 Å². The van der Waals surface area contributed by atoms with Gasteiger partial charge in [-0.2, -0.15) is 0 Å². The van der Waals surface area contributed by atoms with Crippen molar-refractivity contribution in [3.63, 3.8) is 0 Å². The summed E-state index contributed by atoms with van der Waals surface area (Å²) < 4.78 is 28.2. The Kier molecular flexibility index (Phi) is 6.63. The van der Waals surface area contributed by atoms with Crippen molar-refractivity contribution in [2.45, 2.75) is 70.1 Å². The molecule has 2 aromatic heterocycles. The van der Waals surface area contributed by atoms with Crippen LogP contribution in [-0.2, 0) is 16.4 Å². The predicted octanol–water partition coefficient (Wildman–Crippen LogP) is 2.85. The average Bonchev–Trinajstić information content (AvgIpc) is 2.98. The van der Waals surface area contributed by atoms with Gasteiger partial charge < -0.3 is 10.6 Å². The fourth-order valence-electron chi connectivity index (χ4n) is 3.24. The van der Waals surface area contributed by atoms with Crippen molar-refractivity contribution in [2.24, 2.45) is 0 Å². The van der Waals surface area contributed by atoms with Crippen molar-refractivity contribution in [1.82, 2.24) is 19.9 Å². The summed E-state index contributed by atoms with van der Waals surface area (Å²) in [6.07, 6.45) is 3.66. The van der Waals surface area contributed by atoms with Gasteiger partial charge in [-0.3, -0.25) is 0 Å².